The Hall–Kier alpha value is -2.38. The molecule has 0 saturated carbocycles. The molecule has 3 aromatic heterocycles. The van der Waals surface area contributed by atoms with Crippen LogP contribution < -0.4 is 4.90 Å². The number of halogens is 2. The molecule has 0 spiro atoms. The van der Waals surface area contributed by atoms with E-state index >= 15 is 0 Å². The minimum Gasteiger partial charge on any atom is -0.423 e. The van der Waals surface area contributed by atoms with Crippen LogP contribution in [0.2, 0.25) is 0 Å². The zero-order valence-electron chi connectivity index (χ0n) is 18.4. The van der Waals surface area contributed by atoms with Gasteiger partial charge in [0.25, 0.3) is 6.01 Å². The number of nitrogens with one attached hydrogen (secondary N) is 1. The Balaban J connectivity index is 1.37. The van der Waals surface area contributed by atoms with E-state index in [2.05, 4.69) is 52.7 Å². The first kappa shape index (κ1) is 22.1. The molecular formula is C22H23BrFN7O2S. The molecule has 1 aromatic carbocycles. The van der Waals surface area contributed by atoms with Gasteiger partial charge in [-0.25, -0.2) is 14.4 Å². The van der Waals surface area contributed by atoms with E-state index in [0.717, 1.165) is 42.3 Å². The van der Waals surface area contributed by atoms with Crippen molar-refractivity contribution in [2.45, 2.75) is 18.7 Å². The predicted octanol–water partition coefficient (Wildman–Crippen LogP) is 3.30. The Morgan fingerprint density at radius 2 is 2.06 bits per heavy atom. The molecule has 1 unspecified atom stereocenters. The number of aromatic nitrogens is 4. The van der Waals surface area contributed by atoms with Gasteiger partial charge >= 0.3 is 0 Å². The van der Waals surface area contributed by atoms with Gasteiger partial charge in [-0.2, -0.15) is 4.98 Å². The standard InChI is InChI=1S/C22H23BrFN7O2S/c1-29-7-9-30(10-8-29)22-28-19(23)18(33-22)21(32)31-6-5-13-16(26-11-25-13)17(31)20-27-15-12(24)3-2-4-14(15)34-20/h2-4,11,17,21,32H,5-10H2,1H3,(H,25,26)/t17-,21?/m0/s1. The van der Waals surface area contributed by atoms with Crippen molar-refractivity contribution in [1.29, 1.82) is 0 Å². The lowest BCUT2D eigenvalue weighted by atomic mass is 10.0. The molecule has 2 atom stereocenters. The third kappa shape index (κ3) is 3.73. The van der Waals surface area contributed by atoms with Crippen LogP contribution in [-0.4, -0.2) is 74.6 Å². The number of piperazine rings is 1. The number of likely N-dealkylation sites (N-methyl/N-ethyl adjacent to an activating group) is 1. The second-order valence-corrected chi connectivity index (χ2v) is 10.4. The fourth-order valence-electron chi connectivity index (χ4n) is 4.61. The molecule has 0 radical (unpaired) electrons. The number of hydrogen-bond donors (Lipinski definition) is 2. The number of fused-ring (bicyclic) bond motifs is 2. The first-order chi connectivity index (χ1) is 16.5. The Kier molecular flexibility index (Phi) is 5.65. The normalized spacial score (nSPS) is 20.7. The van der Waals surface area contributed by atoms with Crippen LogP contribution in [-0.2, 0) is 6.42 Å². The monoisotopic (exact) mass is 547 g/mol. The summed E-state index contributed by atoms with van der Waals surface area (Å²) in [5.74, 6) is -0.0230. The molecule has 0 bridgehead atoms. The van der Waals surface area contributed by atoms with Gasteiger partial charge in [0, 0.05) is 44.8 Å². The number of oxazole rings is 1. The van der Waals surface area contributed by atoms with Crippen LogP contribution in [0.25, 0.3) is 10.2 Å². The van der Waals surface area contributed by atoms with E-state index in [-0.39, 0.29) is 5.82 Å². The van der Waals surface area contributed by atoms with E-state index in [9.17, 15) is 9.50 Å². The molecule has 6 rings (SSSR count). The maximum absolute atomic E-state index is 14.4. The van der Waals surface area contributed by atoms with Crippen LogP contribution in [0.1, 0.15) is 34.4 Å². The molecule has 2 N–H and O–H groups in total. The van der Waals surface area contributed by atoms with Crippen molar-refractivity contribution >= 4 is 43.5 Å². The van der Waals surface area contributed by atoms with Crippen LogP contribution in [0.4, 0.5) is 10.4 Å². The van der Waals surface area contributed by atoms with Gasteiger partial charge in [-0.15, -0.1) is 11.3 Å². The molecule has 2 aliphatic heterocycles. The smallest absolute Gasteiger partial charge is 0.298 e. The summed E-state index contributed by atoms with van der Waals surface area (Å²) in [6.45, 7) is 3.99. The zero-order valence-corrected chi connectivity index (χ0v) is 20.8. The molecule has 1 saturated heterocycles. The minimum atomic E-state index is -1.09. The fraction of sp³-hybridized carbons (Fsp3) is 0.409. The van der Waals surface area contributed by atoms with E-state index in [0.29, 0.717) is 39.9 Å². The van der Waals surface area contributed by atoms with E-state index in [1.807, 2.05) is 11.0 Å². The highest BCUT2D eigenvalue weighted by molar-refractivity contribution is 9.10. The second kappa shape index (κ2) is 8.68. The summed E-state index contributed by atoms with van der Waals surface area (Å²) >= 11 is 4.89. The number of H-pyrrole nitrogens is 1. The van der Waals surface area contributed by atoms with Crippen LogP contribution >= 0.6 is 27.3 Å². The van der Waals surface area contributed by atoms with Gasteiger partial charge in [-0.1, -0.05) is 6.07 Å². The average Bonchev–Trinajstić information content (AvgIpc) is 3.57. The number of aromatic amines is 1. The molecule has 5 heterocycles. The molecule has 1 fully saturated rings. The summed E-state index contributed by atoms with van der Waals surface area (Å²) in [5, 5.41) is 12.2. The van der Waals surface area contributed by atoms with Crippen molar-refractivity contribution in [3.63, 3.8) is 0 Å². The summed E-state index contributed by atoms with van der Waals surface area (Å²) in [5.41, 5.74) is 2.10. The molecule has 12 heteroatoms. The number of rotatable bonds is 4. The Labute approximate surface area is 207 Å². The average molecular weight is 548 g/mol. The summed E-state index contributed by atoms with van der Waals surface area (Å²) in [6, 6.07) is 4.98. The van der Waals surface area contributed by atoms with Gasteiger partial charge in [-0.05, 0) is 35.1 Å². The van der Waals surface area contributed by atoms with Crippen LogP contribution in [0.5, 0.6) is 0 Å². The number of para-hydroxylation sites is 1. The zero-order chi connectivity index (χ0) is 23.4. The van der Waals surface area contributed by atoms with Crippen molar-refractivity contribution in [2.75, 3.05) is 44.7 Å². The summed E-state index contributed by atoms with van der Waals surface area (Å²) < 4.78 is 21.7. The third-order valence-electron chi connectivity index (χ3n) is 6.50. The second-order valence-electron chi connectivity index (χ2n) is 8.61. The Bertz CT molecular complexity index is 1330. The summed E-state index contributed by atoms with van der Waals surface area (Å²) in [4.78, 5) is 23.1. The van der Waals surface area contributed by atoms with E-state index in [1.54, 1.807) is 12.4 Å². The van der Waals surface area contributed by atoms with Gasteiger partial charge in [-0.3, -0.25) is 4.90 Å². The Morgan fingerprint density at radius 3 is 2.85 bits per heavy atom. The van der Waals surface area contributed by atoms with Gasteiger partial charge in [0.1, 0.15) is 22.4 Å². The first-order valence-corrected chi connectivity index (χ1v) is 12.7. The highest BCUT2D eigenvalue weighted by atomic mass is 79.9. The largest absolute Gasteiger partial charge is 0.423 e. The molecular weight excluding hydrogens is 525 g/mol. The molecule has 9 nitrogen and oxygen atoms in total. The van der Waals surface area contributed by atoms with E-state index in [4.69, 9.17) is 4.42 Å². The summed E-state index contributed by atoms with van der Waals surface area (Å²) in [6.07, 6.45) is 1.24. The number of nitrogens with zero attached hydrogens (tertiary/aromatic N) is 6. The van der Waals surface area contributed by atoms with Crippen molar-refractivity contribution in [3.05, 3.63) is 57.1 Å². The van der Waals surface area contributed by atoms with E-state index < -0.39 is 12.3 Å². The predicted molar refractivity (Wildman–Crippen MR) is 129 cm³/mol. The number of hydrogen-bond acceptors (Lipinski definition) is 9. The van der Waals surface area contributed by atoms with Crippen LogP contribution in [0.3, 0.4) is 0 Å². The van der Waals surface area contributed by atoms with Crippen molar-refractivity contribution < 1.29 is 13.9 Å². The van der Waals surface area contributed by atoms with Crippen molar-refractivity contribution in [1.82, 2.24) is 29.7 Å². The number of anilines is 1. The molecule has 0 aliphatic carbocycles. The van der Waals surface area contributed by atoms with Gasteiger partial charge in [0.15, 0.2) is 16.6 Å². The summed E-state index contributed by atoms with van der Waals surface area (Å²) in [7, 11) is 2.09. The first-order valence-electron chi connectivity index (χ1n) is 11.1. The number of benzene rings is 1. The topological polar surface area (TPSA) is 97.6 Å². The van der Waals surface area contributed by atoms with Crippen LogP contribution in [0, 0.1) is 5.82 Å². The van der Waals surface area contributed by atoms with Gasteiger partial charge in [0.05, 0.1) is 16.7 Å². The van der Waals surface area contributed by atoms with Gasteiger partial charge in [0.2, 0.25) is 0 Å². The molecule has 0 amide bonds. The molecule has 4 aromatic rings. The lowest BCUT2D eigenvalue weighted by Crippen LogP contribution is -2.44. The Morgan fingerprint density at radius 1 is 1.24 bits per heavy atom. The van der Waals surface area contributed by atoms with Gasteiger partial charge < -0.3 is 24.3 Å². The minimum absolute atomic E-state index is 0.331. The molecule has 178 valence electrons. The third-order valence-corrected chi connectivity index (χ3v) is 8.14. The highest BCUT2D eigenvalue weighted by Crippen LogP contribution is 2.42. The maximum Gasteiger partial charge on any atom is 0.298 e. The van der Waals surface area contributed by atoms with Crippen LogP contribution in [0.15, 0.2) is 33.5 Å². The van der Waals surface area contributed by atoms with Crippen molar-refractivity contribution in [2.24, 2.45) is 0 Å². The number of aliphatic hydroxyl groups is 1. The molecule has 2 aliphatic rings. The number of aliphatic hydroxyl groups excluding tert-OH is 1. The lowest BCUT2D eigenvalue weighted by Gasteiger charge is -2.36. The number of thiazole rings is 1. The highest BCUT2D eigenvalue weighted by Gasteiger charge is 2.40. The SMILES string of the molecule is CN1CCN(c2nc(Br)c(C(O)N3CCc4[nH]cnc4[C@H]3c3nc4c(F)cccc4s3)o2)CC1. The molecule has 34 heavy (non-hydrogen) atoms. The quantitative estimate of drug-likeness (QED) is 0.401. The number of imidazole rings is 1. The van der Waals surface area contributed by atoms with E-state index in [1.165, 1.54) is 17.4 Å². The van der Waals surface area contributed by atoms with Crippen molar-refractivity contribution in [3.8, 4) is 0 Å². The lowest BCUT2D eigenvalue weighted by molar-refractivity contribution is -0.0380. The fourth-order valence-corrected chi connectivity index (χ4v) is 6.16. The maximum atomic E-state index is 14.4.